The van der Waals surface area contributed by atoms with Gasteiger partial charge in [0.25, 0.3) is 5.91 Å². The lowest BCUT2D eigenvalue weighted by molar-refractivity contribution is -0.124. The number of fused-ring (bicyclic) bond motifs is 1. The van der Waals surface area contributed by atoms with Crippen LogP contribution in [0.2, 0.25) is 10.0 Å². The van der Waals surface area contributed by atoms with E-state index in [1.807, 2.05) is 47.4 Å². The maximum absolute atomic E-state index is 13.9. The molecule has 0 unspecified atom stereocenters. The van der Waals surface area contributed by atoms with Crippen molar-refractivity contribution in [3.8, 4) is 0 Å². The minimum atomic E-state index is -0.583. The molecule has 0 bridgehead atoms. The molecule has 2 aromatic carbocycles. The first-order valence-electron chi connectivity index (χ1n) is 12.1. The Kier molecular flexibility index (Phi) is 7.07. The van der Waals surface area contributed by atoms with Crippen LogP contribution in [0.5, 0.6) is 0 Å². The van der Waals surface area contributed by atoms with Gasteiger partial charge in [0.2, 0.25) is 5.91 Å². The van der Waals surface area contributed by atoms with E-state index in [2.05, 4.69) is 10.3 Å². The van der Waals surface area contributed by atoms with Crippen molar-refractivity contribution >= 4 is 35.0 Å². The van der Waals surface area contributed by atoms with E-state index in [9.17, 15) is 9.59 Å². The van der Waals surface area contributed by atoms with Gasteiger partial charge in [-0.25, -0.2) is 0 Å². The van der Waals surface area contributed by atoms with Crippen LogP contribution in [-0.2, 0) is 11.2 Å². The predicted octanol–water partition coefficient (Wildman–Crippen LogP) is 5.97. The molecule has 2 heterocycles. The number of halogens is 2. The maximum Gasteiger partial charge on any atom is 0.254 e. The summed E-state index contributed by atoms with van der Waals surface area (Å²) in [6, 6.07) is 16.2. The van der Waals surface area contributed by atoms with Gasteiger partial charge in [-0.05, 0) is 66.3 Å². The first-order valence-corrected chi connectivity index (χ1v) is 12.8. The predicted molar refractivity (Wildman–Crippen MR) is 138 cm³/mol. The zero-order valence-electron chi connectivity index (χ0n) is 19.3. The molecule has 0 saturated heterocycles. The van der Waals surface area contributed by atoms with Crippen molar-refractivity contribution in [3.05, 3.63) is 99.3 Å². The van der Waals surface area contributed by atoms with E-state index in [1.54, 1.807) is 24.5 Å². The van der Waals surface area contributed by atoms with Crippen LogP contribution in [0, 0.1) is 0 Å². The molecule has 1 saturated carbocycles. The smallest absolute Gasteiger partial charge is 0.254 e. The van der Waals surface area contributed by atoms with Gasteiger partial charge in [-0.2, -0.15) is 0 Å². The van der Waals surface area contributed by atoms with Gasteiger partial charge < -0.3 is 10.2 Å². The summed E-state index contributed by atoms with van der Waals surface area (Å²) >= 11 is 12.9. The number of amides is 2. The summed E-state index contributed by atoms with van der Waals surface area (Å²) in [5, 5.41) is 4.12. The molecular formula is C28H27Cl2N3O2. The van der Waals surface area contributed by atoms with E-state index < -0.39 is 12.0 Å². The molecule has 0 spiro atoms. The Morgan fingerprint density at radius 1 is 1.00 bits per heavy atom. The lowest BCUT2D eigenvalue weighted by Crippen LogP contribution is -2.51. The van der Waals surface area contributed by atoms with Crippen LogP contribution in [-0.4, -0.2) is 34.3 Å². The number of nitrogens with one attached hydrogen (secondary N) is 1. The van der Waals surface area contributed by atoms with Gasteiger partial charge >= 0.3 is 0 Å². The Morgan fingerprint density at radius 3 is 2.49 bits per heavy atom. The summed E-state index contributed by atoms with van der Waals surface area (Å²) in [5.41, 5.74) is 3.18. The van der Waals surface area contributed by atoms with Crippen LogP contribution < -0.4 is 5.32 Å². The number of carbonyl (C=O) groups excluding carboxylic acids is 2. The van der Waals surface area contributed by atoms with E-state index in [0.29, 0.717) is 28.6 Å². The van der Waals surface area contributed by atoms with Crippen molar-refractivity contribution < 1.29 is 9.59 Å². The maximum atomic E-state index is 13.9. The Labute approximate surface area is 215 Å². The summed E-state index contributed by atoms with van der Waals surface area (Å²) in [6.07, 6.45) is 8.18. The number of benzene rings is 2. The number of hydrogen-bond donors (Lipinski definition) is 1. The van der Waals surface area contributed by atoms with Crippen LogP contribution in [0.3, 0.4) is 0 Å². The molecule has 5 nitrogen and oxygen atoms in total. The van der Waals surface area contributed by atoms with Crippen molar-refractivity contribution in [2.24, 2.45) is 0 Å². The molecule has 3 aromatic rings. The second kappa shape index (κ2) is 10.4. The van der Waals surface area contributed by atoms with E-state index in [4.69, 9.17) is 23.2 Å². The van der Waals surface area contributed by atoms with Gasteiger partial charge in [0.15, 0.2) is 0 Å². The summed E-state index contributed by atoms with van der Waals surface area (Å²) < 4.78 is 0. The molecule has 1 fully saturated rings. The summed E-state index contributed by atoms with van der Waals surface area (Å²) in [5.74, 6) is -0.733. The lowest BCUT2D eigenvalue weighted by atomic mass is 9.78. The highest BCUT2D eigenvalue weighted by atomic mass is 35.5. The molecule has 2 aliphatic rings. The minimum Gasteiger partial charge on any atom is -0.355 e. The number of nitrogens with zero attached hydrogens (tertiary/aromatic N) is 2. The third-order valence-corrected chi connectivity index (χ3v) is 7.68. The number of carbonyl (C=O) groups is 2. The summed E-state index contributed by atoms with van der Waals surface area (Å²) in [7, 11) is 0. The molecule has 35 heavy (non-hydrogen) atoms. The van der Waals surface area contributed by atoms with E-state index in [0.717, 1.165) is 42.4 Å². The van der Waals surface area contributed by atoms with Gasteiger partial charge in [0, 0.05) is 40.6 Å². The first-order chi connectivity index (χ1) is 17.0. The molecule has 2 atom stereocenters. The molecule has 1 N–H and O–H groups in total. The van der Waals surface area contributed by atoms with Gasteiger partial charge in [-0.1, -0.05) is 60.3 Å². The monoisotopic (exact) mass is 507 g/mol. The number of pyridine rings is 1. The van der Waals surface area contributed by atoms with Gasteiger partial charge in [-0.3, -0.25) is 14.6 Å². The molecule has 5 rings (SSSR count). The summed E-state index contributed by atoms with van der Waals surface area (Å²) in [6.45, 7) is 0.486. The number of rotatable bonds is 6. The molecule has 7 heteroatoms. The fourth-order valence-corrected chi connectivity index (χ4v) is 6.00. The second-order valence-electron chi connectivity index (χ2n) is 9.22. The first kappa shape index (κ1) is 23.8. The largest absolute Gasteiger partial charge is 0.355 e. The normalized spacial score (nSPS) is 20.1. The van der Waals surface area contributed by atoms with Crippen molar-refractivity contribution in [1.29, 1.82) is 0 Å². The van der Waals surface area contributed by atoms with Crippen LogP contribution in [0.4, 0.5) is 0 Å². The van der Waals surface area contributed by atoms with Crippen molar-refractivity contribution in [2.75, 3.05) is 6.54 Å². The van der Waals surface area contributed by atoms with Crippen molar-refractivity contribution in [2.45, 2.75) is 50.1 Å². The van der Waals surface area contributed by atoms with Gasteiger partial charge in [0.05, 0.1) is 12.0 Å². The molecule has 180 valence electrons. The Bertz CT molecular complexity index is 1230. The standard InChI is InChI=1S/C28H27Cl2N3O2/c29-19-9-10-23(24(30)17-19)26-25(27(34)32-16-13-18-11-14-31-15-12-18)21-7-3-4-8-22(21)28(35)33(26)20-5-1-2-6-20/h3-4,7-12,14-15,17,20,25-26H,1-2,5-6,13,16H2,(H,32,34)/t25-,26+/m1/s1. The van der Waals surface area contributed by atoms with Crippen molar-refractivity contribution in [1.82, 2.24) is 15.2 Å². The van der Waals surface area contributed by atoms with Crippen LogP contribution in [0.1, 0.15) is 64.7 Å². The van der Waals surface area contributed by atoms with Crippen LogP contribution >= 0.6 is 23.2 Å². The summed E-state index contributed by atoms with van der Waals surface area (Å²) in [4.78, 5) is 33.7. The SMILES string of the molecule is O=C(NCCc1ccncc1)[C@@H]1c2ccccc2C(=O)N(C2CCCC2)[C@H]1c1ccc(Cl)cc1Cl. The highest BCUT2D eigenvalue weighted by Gasteiger charge is 2.47. The minimum absolute atomic E-state index is 0.0376. The van der Waals surface area contributed by atoms with Gasteiger partial charge in [0.1, 0.15) is 0 Å². The third kappa shape index (κ3) is 4.80. The van der Waals surface area contributed by atoms with Crippen LogP contribution in [0.15, 0.2) is 67.0 Å². The van der Waals surface area contributed by atoms with E-state index >= 15 is 0 Å². The topological polar surface area (TPSA) is 62.3 Å². The highest BCUT2D eigenvalue weighted by molar-refractivity contribution is 6.35. The molecule has 1 aromatic heterocycles. The average molecular weight is 508 g/mol. The Balaban J connectivity index is 1.55. The van der Waals surface area contributed by atoms with E-state index in [-0.39, 0.29) is 17.9 Å². The molecule has 1 aliphatic carbocycles. The van der Waals surface area contributed by atoms with Gasteiger partial charge in [-0.15, -0.1) is 0 Å². The fraction of sp³-hybridized carbons (Fsp3) is 0.321. The Morgan fingerprint density at radius 2 is 1.74 bits per heavy atom. The molecular weight excluding hydrogens is 481 g/mol. The lowest BCUT2D eigenvalue weighted by Gasteiger charge is -2.45. The second-order valence-corrected chi connectivity index (χ2v) is 10.1. The zero-order valence-corrected chi connectivity index (χ0v) is 20.8. The third-order valence-electron chi connectivity index (χ3n) is 7.12. The number of aromatic nitrogens is 1. The fourth-order valence-electron chi connectivity index (χ4n) is 5.48. The molecule has 2 amide bonds. The Hall–Kier alpha value is -2.89. The quantitative estimate of drug-likeness (QED) is 0.446. The van der Waals surface area contributed by atoms with Crippen molar-refractivity contribution in [3.63, 3.8) is 0 Å². The van der Waals surface area contributed by atoms with Crippen LogP contribution in [0.25, 0.3) is 0 Å². The zero-order chi connectivity index (χ0) is 24.4. The number of hydrogen-bond acceptors (Lipinski definition) is 3. The van der Waals surface area contributed by atoms with E-state index in [1.165, 1.54) is 0 Å². The highest BCUT2D eigenvalue weighted by Crippen LogP contribution is 2.47. The molecule has 0 radical (unpaired) electrons. The molecule has 1 aliphatic heterocycles. The average Bonchev–Trinajstić information content (AvgIpc) is 3.39.